The summed E-state index contributed by atoms with van der Waals surface area (Å²) < 4.78 is 39.6. The van der Waals surface area contributed by atoms with E-state index in [1.54, 1.807) is 7.05 Å². The van der Waals surface area contributed by atoms with Crippen molar-refractivity contribution in [2.24, 2.45) is 0 Å². The Kier molecular flexibility index (Phi) is 7.79. The number of nitrogens with one attached hydrogen (secondary N) is 2. The minimum Gasteiger partial charge on any atom is -0.316 e. The summed E-state index contributed by atoms with van der Waals surface area (Å²) >= 11 is 8.76. The Morgan fingerprint density at radius 3 is 2.53 bits per heavy atom. The Labute approximate surface area is 131 Å². The number of hydrogen-bond acceptors (Lipinski definition) is 3. The Morgan fingerprint density at radius 1 is 1.47 bits per heavy atom. The third-order valence-electron chi connectivity index (χ3n) is 2.30. The van der Waals surface area contributed by atoms with E-state index in [1.807, 2.05) is 6.92 Å². The molecule has 0 heterocycles. The molecule has 9 heteroatoms. The van der Waals surface area contributed by atoms with E-state index in [1.165, 1.54) is 0 Å². The van der Waals surface area contributed by atoms with Gasteiger partial charge in [0.1, 0.15) is 10.7 Å². The van der Waals surface area contributed by atoms with E-state index in [4.69, 9.17) is 11.6 Å². The first kappa shape index (κ1) is 19.1. The summed E-state index contributed by atoms with van der Waals surface area (Å²) in [5.74, 6) is -0.602. The van der Waals surface area contributed by atoms with Crippen molar-refractivity contribution < 1.29 is 12.8 Å². The number of benzene rings is 1. The number of rotatable bonds is 5. The van der Waals surface area contributed by atoms with Gasteiger partial charge in [-0.15, -0.1) is 12.4 Å². The van der Waals surface area contributed by atoms with Gasteiger partial charge in [-0.25, -0.2) is 17.5 Å². The molecule has 0 fully saturated rings. The van der Waals surface area contributed by atoms with E-state index in [2.05, 4.69) is 26.0 Å². The summed E-state index contributed by atoms with van der Waals surface area (Å²) in [6.07, 6.45) is 0. The van der Waals surface area contributed by atoms with E-state index in [9.17, 15) is 12.8 Å². The molecule has 0 saturated heterocycles. The first-order chi connectivity index (χ1) is 8.27. The molecule has 1 aromatic carbocycles. The molecule has 0 spiro atoms. The summed E-state index contributed by atoms with van der Waals surface area (Å²) in [5.41, 5.74) is 0. The zero-order valence-corrected chi connectivity index (χ0v) is 14.2. The van der Waals surface area contributed by atoms with Gasteiger partial charge in [0.25, 0.3) is 0 Å². The lowest BCUT2D eigenvalue weighted by Gasteiger charge is -2.13. The molecule has 1 atom stereocenters. The Hall–Kier alpha value is 0.0800. The largest absolute Gasteiger partial charge is 0.316 e. The third kappa shape index (κ3) is 5.17. The van der Waals surface area contributed by atoms with Gasteiger partial charge in [-0.1, -0.05) is 11.6 Å². The van der Waals surface area contributed by atoms with Crippen LogP contribution in [0.3, 0.4) is 0 Å². The van der Waals surface area contributed by atoms with Crippen molar-refractivity contribution in [2.45, 2.75) is 17.9 Å². The van der Waals surface area contributed by atoms with Crippen molar-refractivity contribution in [1.29, 1.82) is 0 Å². The lowest BCUT2D eigenvalue weighted by Crippen LogP contribution is -2.37. The van der Waals surface area contributed by atoms with Crippen molar-refractivity contribution in [3.8, 4) is 0 Å². The monoisotopic (exact) mass is 394 g/mol. The van der Waals surface area contributed by atoms with E-state index in [-0.39, 0.29) is 39.4 Å². The van der Waals surface area contributed by atoms with Crippen molar-refractivity contribution in [3.05, 3.63) is 27.4 Å². The van der Waals surface area contributed by atoms with Crippen molar-refractivity contribution in [1.82, 2.24) is 10.0 Å². The Balaban J connectivity index is 0.00000324. The number of hydrogen-bond donors (Lipinski definition) is 2. The van der Waals surface area contributed by atoms with Crippen molar-refractivity contribution in [3.63, 3.8) is 0 Å². The molecule has 0 aliphatic rings. The smallest absolute Gasteiger partial charge is 0.243 e. The maximum absolute atomic E-state index is 13.0. The maximum atomic E-state index is 13.0. The molecule has 0 aromatic heterocycles. The number of likely N-dealkylation sites (N-methyl/N-ethyl adjacent to an activating group) is 1. The SMILES string of the molecule is CNC(C)CNS(=O)(=O)c1c(Cl)cc(F)cc1Br.Cl. The molecular formula is C10H14BrCl2FN2O2S. The minimum absolute atomic E-state index is 0. The highest BCUT2D eigenvalue weighted by molar-refractivity contribution is 9.10. The van der Waals surface area contributed by atoms with E-state index < -0.39 is 15.8 Å². The van der Waals surface area contributed by atoms with E-state index in [0.717, 1.165) is 12.1 Å². The molecule has 110 valence electrons. The van der Waals surface area contributed by atoms with Crippen LogP contribution in [0.25, 0.3) is 0 Å². The highest BCUT2D eigenvalue weighted by Crippen LogP contribution is 2.30. The zero-order chi connectivity index (χ0) is 13.9. The van der Waals surface area contributed by atoms with Crippen LogP contribution in [0.5, 0.6) is 0 Å². The molecule has 2 N–H and O–H groups in total. The average molecular weight is 396 g/mol. The first-order valence-electron chi connectivity index (χ1n) is 5.09. The highest BCUT2D eigenvalue weighted by Gasteiger charge is 2.22. The van der Waals surface area contributed by atoms with E-state index in [0.29, 0.717) is 0 Å². The topological polar surface area (TPSA) is 58.2 Å². The standard InChI is InChI=1S/C10H13BrClFN2O2S.ClH/c1-6(14-2)5-15-18(16,17)10-8(11)3-7(13)4-9(10)12;/h3-4,6,14-15H,5H2,1-2H3;1H. The second-order valence-corrected chi connectivity index (χ2v) is 6.71. The molecule has 19 heavy (non-hydrogen) atoms. The second kappa shape index (κ2) is 7.75. The van der Waals surface area contributed by atoms with Crippen LogP contribution in [0.1, 0.15) is 6.92 Å². The van der Waals surface area contributed by atoms with Gasteiger partial charge in [0, 0.05) is 17.1 Å². The summed E-state index contributed by atoms with van der Waals surface area (Å²) in [4.78, 5) is -0.158. The fraction of sp³-hybridized carbons (Fsp3) is 0.400. The lowest BCUT2D eigenvalue weighted by atomic mass is 10.3. The fourth-order valence-electron chi connectivity index (χ4n) is 1.19. The minimum atomic E-state index is -3.78. The van der Waals surface area contributed by atoms with Gasteiger partial charge in [-0.2, -0.15) is 0 Å². The average Bonchev–Trinajstić information content (AvgIpc) is 2.24. The van der Waals surface area contributed by atoms with Crippen LogP contribution >= 0.6 is 39.9 Å². The summed E-state index contributed by atoms with van der Waals surface area (Å²) in [7, 11) is -2.06. The number of sulfonamides is 1. The van der Waals surface area contributed by atoms with Crippen molar-refractivity contribution >= 4 is 50.0 Å². The molecule has 1 aromatic rings. The number of halogens is 4. The molecule has 0 amide bonds. The summed E-state index contributed by atoms with van der Waals surface area (Å²) in [6, 6.07) is 1.99. The molecule has 0 aliphatic carbocycles. The quantitative estimate of drug-likeness (QED) is 0.805. The molecule has 0 aliphatic heterocycles. The van der Waals surface area contributed by atoms with Gasteiger partial charge in [-0.3, -0.25) is 0 Å². The summed E-state index contributed by atoms with van der Waals surface area (Å²) in [5, 5.41) is 2.74. The van der Waals surface area contributed by atoms with Crippen LogP contribution < -0.4 is 10.0 Å². The molecular weight excluding hydrogens is 382 g/mol. The zero-order valence-electron chi connectivity index (χ0n) is 10.2. The predicted molar refractivity (Wildman–Crippen MR) is 80.1 cm³/mol. The van der Waals surface area contributed by atoms with Gasteiger partial charge < -0.3 is 5.32 Å². The maximum Gasteiger partial charge on any atom is 0.243 e. The van der Waals surface area contributed by atoms with Crippen molar-refractivity contribution in [2.75, 3.05) is 13.6 Å². The molecule has 0 radical (unpaired) electrons. The Bertz CT molecular complexity index is 519. The fourth-order valence-corrected chi connectivity index (χ4v) is 4.14. The first-order valence-corrected chi connectivity index (χ1v) is 7.75. The van der Waals surface area contributed by atoms with Crippen LogP contribution in [0, 0.1) is 5.82 Å². The Morgan fingerprint density at radius 2 is 2.05 bits per heavy atom. The van der Waals surface area contributed by atoms with Gasteiger partial charge in [0.15, 0.2) is 0 Å². The second-order valence-electron chi connectivity index (χ2n) is 3.74. The molecule has 0 saturated carbocycles. The predicted octanol–water partition coefficient (Wildman–Crippen LogP) is 2.55. The van der Waals surface area contributed by atoms with Crippen LogP contribution in [-0.2, 0) is 10.0 Å². The van der Waals surface area contributed by atoms with Crippen LogP contribution in [0.4, 0.5) is 4.39 Å². The third-order valence-corrected chi connectivity index (χ3v) is 5.13. The van der Waals surface area contributed by atoms with Crippen LogP contribution in [0.15, 0.2) is 21.5 Å². The normalized spacial score (nSPS) is 12.9. The lowest BCUT2D eigenvalue weighted by molar-refractivity contribution is 0.553. The van der Waals surface area contributed by atoms with Crippen LogP contribution in [-0.4, -0.2) is 28.1 Å². The molecule has 1 unspecified atom stereocenters. The highest BCUT2D eigenvalue weighted by atomic mass is 79.9. The summed E-state index contributed by atoms with van der Waals surface area (Å²) in [6.45, 7) is 2.03. The van der Waals surface area contributed by atoms with Gasteiger partial charge in [0.2, 0.25) is 10.0 Å². The molecule has 0 bridgehead atoms. The van der Waals surface area contributed by atoms with Gasteiger partial charge in [0.05, 0.1) is 5.02 Å². The van der Waals surface area contributed by atoms with E-state index >= 15 is 0 Å². The molecule has 1 rings (SSSR count). The van der Waals surface area contributed by atoms with Gasteiger partial charge >= 0.3 is 0 Å². The molecule has 4 nitrogen and oxygen atoms in total. The van der Waals surface area contributed by atoms with Gasteiger partial charge in [-0.05, 0) is 42.0 Å². The van der Waals surface area contributed by atoms with Crippen LogP contribution in [0.2, 0.25) is 5.02 Å².